The van der Waals surface area contributed by atoms with Crippen LogP contribution < -0.4 is 21.7 Å². The number of aromatic nitrogens is 4. The van der Waals surface area contributed by atoms with Crippen molar-refractivity contribution in [3.05, 3.63) is 12.7 Å². The second-order valence-corrected chi connectivity index (χ2v) is 16.5. The molecule has 0 spiro atoms. The van der Waals surface area contributed by atoms with Crippen LogP contribution in [0.15, 0.2) is 12.7 Å². The zero-order chi connectivity index (χ0) is 41.4. The van der Waals surface area contributed by atoms with Crippen LogP contribution in [0.25, 0.3) is 11.2 Å². The molecule has 1 fully saturated rings. The Kier molecular flexibility index (Phi) is 15.9. The summed E-state index contributed by atoms with van der Waals surface area (Å²) in [4.78, 5) is 97.2. The van der Waals surface area contributed by atoms with E-state index in [0.717, 1.165) is 17.2 Å². The first-order chi connectivity index (χ1) is 25.4. The molecule has 3 heterocycles. The number of aliphatic hydroxyl groups excluding tert-OH is 2. The number of carbonyl (C=O) groups excluding carboxylic acids is 3. The van der Waals surface area contributed by atoms with Crippen molar-refractivity contribution in [1.29, 1.82) is 0 Å². The molecular formula is C25H41N8O19P3. The van der Waals surface area contributed by atoms with E-state index >= 15 is 0 Å². The number of hydrogen-bond donors (Lipinski definition) is 11. The van der Waals surface area contributed by atoms with E-state index in [-0.39, 0.29) is 55.9 Å². The summed E-state index contributed by atoms with van der Waals surface area (Å²) in [5, 5.41) is 37.0. The van der Waals surface area contributed by atoms with Gasteiger partial charge in [-0.05, 0) is 0 Å². The number of carboxylic acid groups (broad SMARTS) is 1. The second-order valence-electron chi connectivity index (χ2n) is 12.3. The molecule has 2 unspecified atom stereocenters. The standard InChI is InChI=1S/C25H41N8O19P3/c1-25(2,20(39)23(40)29-6-5-15(35)28-8-7-27-14(34)3-4-16(36)37)10-49-55(46,47)52-54(44,45)48-9-13-19(51-53(41,42)43)18(38)24(50-13)33-12-32-17-21(26)30-11-31-22(17)33/h11-13,18-20,24,38-39H,3-10H2,1-2H3,(H,27,34)(H,28,35)(H,29,40)(H,36,37)(H,44,45)(H,46,47)(H2,26,30,31)(H2,41,42,43)/t13-,18-,19-,20+,24-/m1/s1. The first-order valence-electron chi connectivity index (χ1n) is 15.8. The summed E-state index contributed by atoms with van der Waals surface area (Å²) in [5.74, 6) is -3.28. The van der Waals surface area contributed by atoms with E-state index in [4.69, 9.17) is 24.6 Å². The lowest BCUT2D eigenvalue weighted by molar-refractivity contribution is -0.139. The summed E-state index contributed by atoms with van der Waals surface area (Å²) in [5.41, 5.74) is 4.19. The lowest BCUT2D eigenvalue weighted by Crippen LogP contribution is -2.46. The number of ether oxygens (including phenoxy) is 1. The van der Waals surface area contributed by atoms with E-state index in [1.807, 2.05) is 0 Å². The number of nitrogen functional groups attached to an aromatic ring is 1. The maximum absolute atomic E-state index is 12.6. The van der Waals surface area contributed by atoms with Crippen molar-refractivity contribution in [2.75, 3.05) is 38.6 Å². The van der Waals surface area contributed by atoms with Gasteiger partial charge in [0.2, 0.25) is 17.7 Å². The van der Waals surface area contributed by atoms with Crippen LogP contribution in [0.1, 0.15) is 39.3 Å². The van der Waals surface area contributed by atoms with Gasteiger partial charge in [0.15, 0.2) is 17.7 Å². The third-order valence-electron chi connectivity index (χ3n) is 7.41. The molecule has 7 atom stereocenters. The fourth-order valence-corrected chi connectivity index (χ4v) is 7.48. The number of hydrogen-bond acceptors (Lipinski definition) is 18. The van der Waals surface area contributed by atoms with E-state index < -0.39 is 96.4 Å². The van der Waals surface area contributed by atoms with Gasteiger partial charge in [0.1, 0.15) is 36.3 Å². The molecule has 0 bridgehead atoms. The molecule has 12 N–H and O–H groups in total. The molecule has 3 rings (SSSR count). The summed E-state index contributed by atoms with van der Waals surface area (Å²) in [6.45, 7) is 0.129. The molecule has 1 saturated heterocycles. The van der Waals surface area contributed by atoms with Crippen LogP contribution in [0.4, 0.5) is 5.82 Å². The van der Waals surface area contributed by atoms with E-state index in [1.165, 1.54) is 13.8 Å². The van der Waals surface area contributed by atoms with Gasteiger partial charge in [0.05, 0.1) is 26.0 Å². The predicted octanol–water partition coefficient (Wildman–Crippen LogP) is -2.61. The van der Waals surface area contributed by atoms with Crippen LogP contribution in [0.5, 0.6) is 0 Å². The summed E-state index contributed by atoms with van der Waals surface area (Å²) < 4.78 is 61.9. The van der Waals surface area contributed by atoms with Gasteiger partial charge < -0.3 is 61.3 Å². The first-order valence-corrected chi connectivity index (χ1v) is 20.3. The van der Waals surface area contributed by atoms with Gasteiger partial charge in [0.25, 0.3) is 0 Å². The molecular weight excluding hydrogens is 809 g/mol. The highest BCUT2D eigenvalue weighted by Gasteiger charge is 2.50. The molecule has 0 saturated carbocycles. The quantitative estimate of drug-likeness (QED) is 0.0427. The van der Waals surface area contributed by atoms with Crippen molar-refractivity contribution in [2.45, 2.75) is 63.8 Å². The number of carboxylic acids is 1. The van der Waals surface area contributed by atoms with Crippen molar-refractivity contribution in [3.63, 3.8) is 0 Å². The molecule has 1 aliphatic rings. The number of aliphatic hydroxyl groups is 2. The molecule has 2 aromatic heterocycles. The average Bonchev–Trinajstić information content (AvgIpc) is 3.63. The molecule has 2 aromatic rings. The minimum atomic E-state index is -5.59. The SMILES string of the molecule is CC(C)(COP(=O)(O)OP(=O)(O)OC[C@H]1O[C@@H](n2cnc3c(N)ncnc32)[C@H](O)[C@@H]1OP(=O)(O)O)[C@@H](O)C(=O)NCCC(=O)NCCNC(=O)CCC(=O)O. The number of nitrogens with two attached hydrogens (primary N) is 1. The van der Waals surface area contributed by atoms with Crippen LogP contribution in [-0.4, -0.2) is 135 Å². The largest absolute Gasteiger partial charge is 0.481 e. The van der Waals surface area contributed by atoms with Gasteiger partial charge in [-0.2, -0.15) is 4.31 Å². The maximum Gasteiger partial charge on any atom is 0.481 e. The number of fused-ring (bicyclic) bond motifs is 1. The number of aliphatic carboxylic acids is 1. The minimum Gasteiger partial charge on any atom is -0.481 e. The smallest absolute Gasteiger partial charge is 0.481 e. The summed E-state index contributed by atoms with van der Waals surface area (Å²) in [7, 11) is -16.4. The van der Waals surface area contributed by atoms with Gasteiger partial charge in [-0.15, -0.1) is 0 Å². The highest BCUT2D eigenvalue weighted by Crippen LogP contribution is 2.61. The highest BCUT2D eigenvalue weighted by atomic mass is 31.3. The Morgan fingerprint density at radius 3 is 2.18 bits per heavy atom. The van der Waals surface area contributed by atoms with E-state index in [9.17, 15) is 62.7 Å². The number of nitrogens with zero attached hydrogens (tertiary/aromatic N) is 4. The van der Waals surface area contributed by atoms with E-state index in [1.54, 1.807) is 0 Å². The van der Waals surface area contributed by atoms with Crippen molar-refractivity contribution < 1.29 is 90.4 Å². The van der Waals surface area contributed by atoms with Crippen molar-refractivity contribution >= 4 is 64.1 Å². The number of phosphoric acid groups is 3. The summed E-state index contributed by atoms with van der Waals surface area (Å²) in [6, 6.07) is 0. The topological polar surface area (TPSA) is 413 Å². The fourth-order valence-electron chi connectivity index (χ4n) is 4.65. The Morgan fingerprint density at radius 1 is 0.945 bits per heavy atom. The van der Waals surface area contributed by atoms with Crippen molar-refractivity contribution in [3.8, 4) is 0 Å². The van der Waals surface area contributed by atoms with E-state index in [2.05, 4.69) is 39.7 Å². The van der Waals surface area contributed by atoms with Gasteiger partial charge in [0, 0.05) is 37.9 Å². The lowest BCUT2D eigenvalue weighted by atomic mass is 9.87. The first kappa shape index (κ1) is 45.9. The number of phosphoric ester groups is 3. The van der Waals surface area contributed by atoms with Gasteiger partial charge >= 0.3 is 29.4 Å². The molecule has 27 nitrogen and oxygen atoms in total. The molecule has 0 radical (unpaired) electrons. The van der Waals surface area contributed by atoms with Crippen molar-refractivity contribution in [2.24, 2.45) is 5.41 Å². The Hall–Kier alpha value is -3.52. The summed E-state index contributed by atoms with van der Waals surface area (Å²) >= 11 is 0. The number of carbonyl (C=O) groups is 4. The van der Waals surface area contributed by atoms with Gasteiger partial charge in [-0.25, -0.2) is 28.6 Å². The van der Waals surface area contributed by atoms with Crippen LogP contribution >= 0.6 is 23.5 Å². The molecule has 55 heavy (non-hydrogen) atoms. The third kappa shape index (κ3) is 14.2. The number of nitrogens with one attached hydrogen (secondary N) is 3. The van der Waals surface area contributed by atoms with Gasteiger partial charge in [-0.1, -0.05) is 13.8 Å². The Labute approximate surface area is 310 Å². The molecule has 30 heteroatoms. The van der Waals surface area contributed by atoms with Crippen LogP contribution in [-0.2, 0) is 55.5 Å². The lowest BCUT2D eigenvalue weighted by Gasteiger charge is -2.30. The molecule has 0 aromatic carbocycles. The Bertz CT molecular complexity index is 1840. The molecule has 3 amide bonds. The van der Waals surface area contributed by atoms with Crippen molar-refractivity contribution in [1.82, 2.24) is 35.5 Å². The molecule has 310 valence electrons. The zero-order valence-electron chi connectivity index (χ0n) is 28.9. The third-order valence-corrected chi connectivity index (χ3v) is 10.5. The van der Waals surface area contributed by atoms with Crippen LogP contribution in [0, 0.1) is 5.41 Å². The number of imidazole rings is 1. The number of amides is 3. The second kappa shape index (κ2) is 19.1. The monoisotopic (exact) mass is 850 g/mol. The fraction of sp³-hybridized carbons (Fsp3) is 0.640. The highest BCUT2D eigenvalue weighted by molar-refractivity contribution is 7.61. The Morgan fingerprint density at radius 2 is 1.56 bits per heavy atom. The summed E-state index contributed by atoms with van der Waals surface area (Å²) in [6.07, 6.45) is -7.70. The molecule has 0 aliphatic carbocycles. The zero-order valence-corrected chi connectivity index (χ0v) is 31.6. The molecule has 1 aliphatic heterocycles. The Balaban J connectivity index is 1.49. The van der Waals surface area contributed by atoms with E-state index in [0.29, 0.717) is 0 Å². The van der Waals surface area contributed by atoms with Gasteiger partial charge in [-0.3, -0.25) is 37.3 Å². The van der Waals surface area contributed by atoms with Crippen LogP contribution in [0.3, 0.4) is 0 Å². The number of rotatable bonds is 22. The van der Waals surface area contributed by atoms with Crippen LogP contribution in [0.2, 0.25) is 0 Å². The predicted molar refractivity (Wildman–Crippen MR) is 180 cm³/mol. The minimum absolute atomic E-state index is 0.00747. The normalized spacial score (nSPS) is 21.7. The number of anilines is 1. The average molecular weight is 851 g/mol. The maximum atomic E-state index is 12.6.